The molecule has 2 aromatic rings. The van der Waals surface area contributed by atoms with E-state index in [1.165, 1.54) is 6.07 Å². The van der Waals surface area contributed by atoms with Gasteiger partial charge in [0.05, 0.1) is 17.7 Å². The number of hydrogen-bond acceptors (Lipinski definition) is 3. The summed E-state index contributed by atoms with van der Waals surface area (Å²) in [6.45, 7) is 10.7. The van der Waals surface area contributed by atoms with Gasteiger partial charge in [-0.1, -0.05) is 38.4 Å². The van der Waals surface area contributed by atoms with Crippen molar-refractivity contribution in [2.24, 2.45) is 0 Å². The first-order valence-electron chi connectivity index (χ1n) is 11.5. The van der Waals surface area contributed by atoms with E-state index in [1.807, 2.05) is 0 Å². The fourth-order valence-electron chi connectivity index (χ4n) is 4.05. The lowest BCUT2D eigenvalue weighted by molar-refractivity contribution is -0.137. The van der Waals surface area contributed by atoms with Crippen molar-refractivity contribution in [1.82, 2.24) is 10.3 Å². The molecule has 0 saturated heterocycles. The Balaban J connectivity index is 1.89. The third kappa shape index (κ3) is 6.20. The molecule has 4 nitrogen and oxygen atoms in total. The summed E-state index contributed by atoms with van der Waals surface area (Å²) in [5.41, 5.74) is 0.0211. The quantitative estimate of drug-likeness (QED) is 0.430. The first-order chi connectivity index (χ1) is 15.7. The van der Waals surface area contributed by atoms with Gasteiger partial charge in [-0.3, -0.25) is 9.78 Å². The maximum Gasteiger partial charge on any atom is 0.416 e. The van der Waals surface area contributed by atoms with Crippen molar-refractivity contribution in [2.75, 3.05) is 0 Å². The Bertz CT molecular complexity index is 1010. The van der Waals surface area contributed by atoms with Gasteiger partial charge in [0.25, 0.3) is 5.91 Å². The molecular weight excluding hydrogens is 481 g/mol. The fraction of sp³-hybridized carbons (Fsp3) is 0.520. The molecule has 1 amide bonds. The van der Waals surface area contributed by atoms with E-state index in [0.717, 1.165) is 12.1 Å². The molecule has 1 N–H and O–H groups in total. The molecule has 1 aliphatic rings. The van der Waals surface area contributed by atoms with E-state index < -0.39 is 20.1 Å². The number of carbonyl (C=O) groups is 1. The van der Waals surface area contributed by atoms with Crippen molar-refractivity contribution in [3.63, 3.8) is 0 Å². The highest BCUT2D eigenvalue weighted by atomic mass is 35.5. The molecule has 9 heteroatoms. The molecule has 3 atom stereocenters. The number of amides is 1. The van der Waals surface area contributed by atoms with E-state index in [0.29, 0.717) is 29.8 Å². The molecule has 1 fully saturated rings. The van der Waals surface area contributed by atoms with Crippen LogP contribution in [0.4, 0.5) is 13.2 Å². The topological polar surface area (TPSA) is 51.2 Å². The Morgan fingerprint density at radius 3 is 2.44 bits per heavy atom. The Morgan fingerprint density at radius 2 is 1.85 bits per heavy atom. The van der Waals surface area contributed by atoms with Gasteiger partial charge >= 0.3 is 6.18 Å². The van der Waals surface area contributed by atoms with Crippen LogP contribution < -0.4 is 5.32 Å². The minimum atomic E-state index is -4.45. The number of carbonyl (C=O) groups excluding carboxylic acids is 1. The van der Waals surface area contributed by atoms with Gasteiger partial charge in [-0.05, 0) is 79.2 Å². The molecule has 186 valence electrons. The standard InChI is InChI=1S/C25H32ClF3N2O2Si/c1-24(2,3)34(4,5)33-22-12-9-16(18-15-17(25(27,28)29)10-11-19(18)26)14-21(22)31-23(32)20-8-6-7-13-30-20/h6-8,10-11,13,15-16,21-22H,9,12,14H2,1-5H3,(H,31,32)/t16-,21-,22-/m0/s1. The lowest BCUT2D eigenvalue weighted by atomic mass is 9.79. The summed E-state index contributed by atoms with van der Waals surface area (Å²) in [6.07, 6.45) is -1.49. The smallest absolute Gasteiger partial charge is 0.412 e. The summed E-state index contributed by atoms with van der Waals surface area (Å²) in [7, 11) is -2.15. The van der Waals surface area contributed by atoms with Crippen molar-refractivity contribution in [3.8, 4) is 0 Å². The Kier molecular flexibility index (Phi) is 7.85. The summed E-state index contributed by atoms with van der Waals surface area (Å²) in [4.78, 5) is 17.0. The highest BCUT2D eigenvalue weighted by Gasteiger charge is 2.43. The fourth-order valence-corrected chi connectivity index (χ4v) is 5.71. The van der Waals surface area contributed by atoms with Crippen molar-refractivity contribution in [2.45, 2.75) is 82.4 Å². The zero-order valence-corrected chi connectivity index (χ0v) is 21.9. The maximum atomic E-state index is 13.3. The van der Waals surface area contributed by atoms with Gasteiger partial charge in [-0.25, -0.2) is 0 Å². The molecule has 1 aromatic carbocycles. The van der Waals surface area contributed by atoms with E-state index in [-0.39, 0.29) is 34.7 Å². The van der Waals surface area contributed by atoms with E-state index >= 15 is 0 Å². The van der Waals surface area contributed by atoms with Gasteiger partial charge in [-0.2, -0.15) is 13.2 Å². The molecule has 0 bridgehead atoms. The highest BCUT2D eigenvalue weighted by Crippen LogP contribution is 2.43. The van der Waals surface area contributed by atoms with Gasteiger partial charge < -0.3 is 9.74 Å². The van der Waals surface area contributed by atoms with Gasteiger partial charge in [0.2, 0.25) is 0 Å². The number of pyridine rings is 1. The zero-order chi connectivity index (χ0) is 25.3. The lowest BCUT2D eigenvalue weighted by Gasteiger charge is -2.44. The molecule has 34 heavy (non-hydrogen) atoms. The lowest BCUT2D eigenvalue weighted by Crippen LogP contribution is -2.53. The predicted octanol–water partition coefficient (Wildman–Crippen LogP) is 7.21. The number of nitrogens with one attached hydrogen (secondary N) is 1. The van der Waals surface area contributed by atoms with Crippen LogP contribution in [0.2, 0.25) is 23.2 Å². The molecule has 0 spiro atoms. The number of rotatable bonds is 5. The van der Waals surface area contributed by atoms with Gasteiger partial charge in [0, 0.05) is 11.2 Å². The highest BCUT2D eigenvalue weighted by molar-refractivity contribution is 6.74. The summed E-state index contributed by atoms with van der Waals surface area (Å²) < 4.78 is 46.7. The van der Waals surface area contributed by atoms with Gasteiger partial charge in [0.15, 0.2) is 8.32 Å². The molecular formula is C25H32ClF3N2O2Si. The van der Waals surface area contributed by atoms with Crippen LogP contribution in [-0.4, -0.2) is 31.4 Å². The maximum absolute atomic E-state index is 13.3. The molecule has 3 rings (SSSR count). The zero-order valence-electron chi connectivity index (χ0n) is 20.2. The molecule has 0 aliphatic heterocycles. The predicted molar refractivity (Wildman–Crippen MR) is 131 cm³/mol. The third-order valence-electron chi connectivity index (χ3n) is 7.02. The average molecular weight is 513 g/mol. The number of benzene rings is 1. The second-order valence-electron chi connectivity index (χ2n) is 10.5. The van der Waals surface area contributed by atoms with Crippen LogP contribution >= 0.6 is 11.6 Å². The first kappa shape index (κ1) is 26.7. The molecule has 1 aromatic heterocycles. The van der Waals surface area contributed by atoms with Crippen molar-refractivity contribution in [1.29, 1.82) is 0 Å². The van der Waals surface area contributed by atoms with Crippen LogP contribution in [0.25, 0.3) is 0 Å². The molecule has 0 unspecified atom stereocenters. The Hall–Kier alpha value is -1.90. The van der Waals surface area contributed by atoms with E-state index in [1.54, 1.807) is 24.4 Å². The van der Waals surface area contributed by atoms with E-state index in [4.69, 9.17) is 16.0 Å². The van der Waals surface area contributed by atoms with Crippen LogP contribution in [0, 0.1) is 0 Å². The van der Waals surface area contributed by atoms with Crippen LogP contribution in [-0.2, 0) is 10.6 Å². The van der Waals surface area contributed by atoms with Crippen LogP contribution in [0.1, 0.15) is 67.6 Å². The van der Waals surface area contributed by atoms with Crippen LogP contribution in [0.5, 0.6) is 0 Å². The molecule has 0 radical (unpaired) electrons. The molecule has 1 saturated carbocycles. The Labute approximate surface area is 205 Å². The van der Waals surface area contributed by atoms with Crippen molar-refractivity contribution < 1.29 is 22.4 Å². The second kappa shape index (κ2) is 9.99. The minimum absolute atomic E-state index is 0.0241. The van der Waals surface area contributed by atoms with Crippen LogP contribution in [0.15, 0.2) is 42.6 Å². The van der Waals surface area contributed by atoms with Gasteiger partial charge in [-0.15, -0.1) is 0 Å². The first-order valence-corrected chi connectivity index (χ1v) is 14.7. The average Bonchev–Trinajstić information content (AvgIpc) is 2.74. The van der Waals surface area contributed by atoms with Gasteiger partial charge in [0.1, 0.15) is 5.69 Å². The minimum Gasteiger partial charge on any atom is -0.412 e. The monoisotopic (exact) mass is 512 g/mol. The number of alkyl halides is 3. The number of halogens is 4. The SMILES string of the molecule is CC(C)(C)[Si](C)(C)O[C@H]1CC[C@H](c2cc(C(F)(F)F)ccc2Cl)C[C@@H]1NC(=O)c1ccccn1. The normalized spacial score (nSPS) is 21.9. The second-order valence-corrected chi connectivity index (χ2v) is 15.6. The summed E-state index contributed by atoms with van der Waals surface area (Å²) in [6, 6.07) is 8.15. The number of hydrogen-bond donors (Lipinski definition) is 1. The largest absolute Gasteiger partial charge is 0.416 e. The number of aromatic nitrogens is 1. The van der Waals surface area contributed by atoms with Crippen LogP contribution in [0.3, 0.4) is 0 Å². The van der Waals surface area contributed by atoms with E-state index in [2.05, 4.69) is 44.2 Å². The molecule has 1 aliphatic carbocycles. The van der Waals surface area contributed by atoms with E-state index in [9.17, 15) is 18.0 Å². The number of nitrogens with zero attached hydrogens (tertiary/aromatic N) is 1. The summed E-state index contributed by atoms with van der Waals surface area (Å²) >= 11 is 6.34. The van der Waals surface area contributed by atoms with Crippen molar-refractivity contribution >= 4 is 25.8 Å². The third-order valence-corrected chi connectivity index (χ3v) is 11.9. The molecule has 1 heterocycles. The van der Waals surface area contributed by atoms with Crippen molar-refractivity contribution in [3.05, 3.63) is 64.4 Å². The summed E-state index contributed by atoms with van der Waals surface area (Å²) in [5, 5.41) is 3.33. The Morgan fingerprint density at radius 1 is 1.15 bits per heavy atom. The summed E-state index contributed by atoms with van der Waals surface area (Å²) in [5.74, 6) is -0.562.